The van der Waals surface area contributed by atoms with Crippen molar-refractivity contribution in [3.63, 3.8) is 0 Å². The molecule has 1 atom stereocenters. The number of H-pyrrole nitrogens is 1. The molecule has 0 unspecified atom stereocenters. The lowest BCUT2D eigenvalue weighted by atomic mass is 9.94. The molecular formula is C19H17ClFN5O2. The van der Waals surface area contributed by atoms with E-state index in [1.165, 1.54) is 0 Å². The van der Waals surface area contributed by atoms with Crippen LogP contribution in [0.5, 0.6) is 0 Å². The van der Waals surface area contributed by atoms with Gasteiger partial charge in [0.2, 0.25) is 6.41 Å². The molecule has 3 heterocycles. The highest BCUT2D eigenvalue weighted by atomic mass is 35.5. The number of methoxy groups -OCH3 is 1. The van der Waals surface area contributed by atoms with Crippen LogP contribution >= 0.6 is 11.6 Å². The molecule has 3 aromatic heterocycles. The van der Waals surface area contributed by atoms with E-state index < -0.39 is 5.82 Å². The Morgan fingerprint density at radius 2 is 2.25 bits per heavy atom. The first kappa shape index (κ1) is 18.4. The number of pyridine rings is 1. The fourth-order valence-corrected chi connectivity index (χ4v) is 3.80. The molecule has 4 aromatic rings. The van der Waals surface area contributed by atoms with Crippen molar-refractivity contribution in [2.75, 3.05) is 19.0 Å². The Kier molecular flexibility index (Phi) is 4.74. The lowest BCUT2D eigenvalue weighted by molar-refractivity contribution is -0.105. The zero-order valence-corrected chi connectivity index (χ0v) is 15.9. The fraction of sp³-hybridized carbons (Fsp3) is 0.211. The number of benzene rings is 1. The van der Waals surface area contributed by atoms with E-state index in [1.807, 2.05) is 6.92 Å². The number of rotatable bonds is 6. The van der Waals surface area contributed by atoms with Gasteiger partial charge in [-0.05, 0) is 12.1 Å². The predicted molar refractivity (Wildman–Crippen MR) is 105 cm³/mol. The van der Waals surface area contributed by atoms with Crippen LogP contribution in [0.2, 0.25) is 5.02 Å². The number of fused-ring (bicyclic) bond motifs is 2. The number of aromatic nitrogens is 4. The minimum atomic E-state index is -0.494. The fourth-order valence-electron chi connectivity index (χ4n) is 3.48. The van der Waals surface area contributed by atoms with Crippen LogP contribution in [0.4, 0.5) is 10.2 Å². The number of anilines is 1. The van der Waals surface area contributed by atoms with Gasteiger partial charge in [0, 0.05) is 41.3 Å². The molecule has 0 saturated heterocycles. The minimum Gasteiger partial charge on any atom is -0.384 e. The Morgan fingerprint density at radius 3 is 3.00 bits per heavy atom. The predicted octanol–water partition coefficient (Wildman–Crippen LogP) is 3.99. The van der Waals surface area contributed by atoms with Gasteiger partial charge in [0.05, 0.1) is 29.5 Å². The van der Waals surface area contributed by atoms with Crippen molar-refractivity contribution in [2.45, 2.75) is 12.8 Å². The van der Waals surface area contributed by atoms with Gasteiger partial charge in [-0.2, -0.15) is 5.10 Å². The standard InChI is InChI=1S/C19H17ClFN5O2/c1-10(8-28-2)15-18(21)17(20)16(12-5-23-25-19(12)15)11-3-4-14-24-13(22-9-27)7-26(14)6-11/h3-7,9-10H,8H2,1-2H3,(H,22,27)(H,23,25)/t10-/m0/s1. The number of ether oxygens (including phenoxy) is 1. The van der Waals surface area contributed by atoms with Crippen LogP contribution in [-0.2, 0) is 9.53 Å². The summed E-state index contributed by atoms with van der Waals surface area (Å²) in [7, 11) is 1.57. The Labute approximate surface area is 164 Å². The van der Waals surface area contributed by atoms with Crippen LogP contribution < -0.4 is 5.32 Å². The summed E-state index contributed by atoms with van der Waals surface area (Å²) in [6.45, 7) is 2.23. The van der Waals surface area contributed by atoms with E-state index in [0.717, 1.165) is 5.39 Å². The van der Waals surface area contributed by atoms with E-state index >= 15 is 4.39 Å². The summed E-state index contributed by atoms with van der Waals surface area (Å²) in [4.78, 5) is 14.9. The lowest BCUT2D eigenvalue weighted by Gasteiger charge is -2.17. The van der Waals surface area contributed by atoms with E-state index in [9.17, 15) is 4.79 Å². The Hall–Kier alpha value is -2.97. The number of hydrogen-bond donors (Lipinski definition) is 2. The molecule has 144 valence electrons. The normalized spacial score (nSPS) is 12.6. The number of nitrogens with zero attached hydrogens (tertiary/aromatic N) is 3. The highest BCUT2D eigenvalue weighted by Crippen LogP contribution is 2.41. The molecule has 0 saturated carbocycles. The first-order chi connectivity index (χ1) is 13.5. The second kappa shape index (κ2) is 7.21. The van der Waals surface area contributed by atoms with Crippen molar-refractivity contribution in [3.8, 4) is 11.1 Å². The van der Waals surface area contributed by atoms with Crippen LogP contribution in [0.25, 0.3) is 27.7 Å². The van der Waals surface area contributed by atoms with Crippen LogP contribution in [0.15, 0.2) is 30.7 Å². The van der Waals surface area contributed by atoms with Crippen molar-refractivity contribution in [1.29, 1.82) is 0 Å². The summed E-state index contributed by atoms with van der Waals surface area (Å²) < 4.78 is 22.2. The zero-order valence-electron chi connectivity index (χ0n) is 15.2. The van der Waals surface area contributed by atoms with Crippen molar-refractivity contribution < 1.29 is 13.9 Å². The zero-order chi connectivity index (χ0) is 19.8. The number of halogens is 2. The van der Waals surface area contributed by atoms with Crippen LogP contribution in [0.1, 0.15) is 18.4 Å². The molecule has 4 rings (SSSR count). The molecule has 0 aliphatic carbocycles. The first-order valence-corrected chi connectivity index (χ1v) is 8.95. The summed E-state index contributed by atoms with van der Waals surface area (Å²) in [5, 5.41) is 10.2. The minimum absolute atomic E-state index is 0.0255. The lowest BCUT2D eigenvalue weighted by Crippen LogP contribution is -2.07. The topological polar surface area (TPSA) is 84.3 Å². The Balaban J connectivity index is 1.93. The maximum absolute atomic E-state index is 15.2. The van der Waals surface area contributed by atoms with Gasteiger partial charge in [0.15, 0.2) is 5.82 Å². The van der Waals surface area contributed by atoms with Gasteiger partial charge in [0.1, 0.15) is 11.5 Å². The van der Waals surface area contributed by atoms with Crippen LogP contribution in [0.3, 0.4) is 0 Å². The molecule has 0 spiro atoms. The van der Waals surface area contributed by atoms with Gasteiger partial charge in [-0.3, -0.25) is 9.89 Å². The molecule has 1 amide bonds. The SMILES string of the molecule is COC[C@H](C)c1c(F)c(Cl)c(-c2ccc3nc(NC=O)cn3c2)c2cn[nH]c12. The monoisotopic (exact) mass is 401 g/mol. The van der Waals surface area contributed by atoms with E-state index in [4.69, 9.17) is 16.3 Å². The van der Waals surface area contributed by atoms with Gasteiger partial charge in [-0.15, -0.1) is 0 Å². The summed E-state index contributed by atoms with van der Waals surface area (Å²) in [5.74, 6) is -0.277. The maximum Gasteiger partial charge on any atom is 0.212 e. The molecule has 0 aliphatic heterocycles. The van der Waals surface area contributed by atoms with Gasteiger partial charge in [0.25, 0.3) is 0 Å². The van der Waals surface area contributed by atoms with Gasteiger partial charge in [-0.1, -0.05) is 18.5 Å². The molecule has 2 N–H and O–H groups in total. The number of imidazole rings is 1. The molecule has 0 aliphatic rings. The second-order valence-corrected chi connectivity index (χ2v) is 6.88. The summed E-state index contributed by atoms with van der Waals surface area (Å²) >= 11 is 6.48. The van der Waals surface area contributed by atoms with Gasteiger partial charge < -0.3 is 14.5 Å². The molecule has 0 bridgehead atoms. The third kappa shape index (κ3) is 2.90. The average molecular weight is 402 g/mol. The Morgan fingerprint density at radius 1 is 1.43 bits per heavy atom. The molecular weight excluding hydrogens is 385 g/mol. The van der Waals surface area contributed by atoms with Crippen molar-refractivity contribution in [3.05, 3.63) is 47.1 Å². The quantitative estimate of drug-likeness (QED) is 0.478. The summed E-state index contributed by atoms with van der Waals surface area (Å²) in [6.07, 6.45) is 5.64. The van der Waals surface area contributed by atoms with E-state index in [0.29, 0.717) is 46.7 Å². The largest absolute Gasteiger partial charge is 0.384 e. The number of hydrogen-bond acceptors (Lipinski definition) is 4. The highest BCUT2D eigenvalue weighted by molar-refractivity contribution is 6.35. The molecule has 9 heteroatoms. The van der Waals surface area contributed by atoms with Gasteiger partial charge in [-0.25, -0.2) is 9.37 Å². The van der Waals surface area contributed by atoms with Crippen molar-refractivity contribution in [2.24, 2.45) is 0 Å². The second-order valence-electron chi connectivity index (χ2n) is 6.50. The number of aromatic amines is 1. The van der Waals surface area contributed by atoms with E-state index in [-0.39, 0.29) is 10.9 Å². The smallest absolute Gasteiger partial charge is 0.212 e. The third-order valence-electron chi connectivity index (χ3n) is 4.68. The molecule has 1 aromatic carbocycles. The molecule has 0 fully saturated rings. The van der Waals surface area contributed by atoms with Crippen LogP contribution in [0, 0.1) is 5.82 Å². The maximum atomic E-state index is 15.2. The number of nitrogens with one attached hydrogen (secondary N) is 2. The first-order valence-electron chi connectivity index (χ1n) is 8.57. The molecule has 7 nitrogen and oxygen atoms in total. The number of carbonyl (C=O) groups is 1. The highest BCUT2D eigenvalue weighted by Gasteiger charge is 2.24. The van der Waals surface area contributed by atoms with Crippen molar-refractivity contribution in [1.82, 2.24) is 19.6 Å². The van der Waals surface area contributed by atoms with E-state index in [1.54, 1.807) is 42.2 Å². The number of carbonyl (C=O) groups excluding carboxylic acids is 1. The summed E-state index contributed by atoms with van der Waals surface area (Å²) in [5.41, 5.74) is 2.92. The molecule has 0 radical (unpaired) electrons. The third-order valence-corrected chi connectivity index (χ3v) is 5.04. The van der Waals surface area contributed by atoms with E-state index in [2.05, 4.69) is 20.5 Å². The molecule has 28 heavy (non-hydrogen) atoms. The Bertz CT molecular complexity index is 1190. The number of amides is 1. The van der Waals surface area contributed by atoms with Gasteiger partial charge >= 0.3 is 0 Å². The summed E-state index contributed by atoms with van der Waals surface area (Å²) in [6, 6.07) is 3.57. The van der Waals surface area contributed by atoms with Crippen molar-refractivity contribution >= 4 is 40.4 Å². The average Bonchev–Trinajstić information content (AvgIpc) is 3.29. The van der Waals surface area contributed by atoms with Crippen LogP contribution in [-0.4, -0.2) is 39.7 Å².